The second kappa shape index (κ2) is 7.02. The van der Waals surface area contributed by atoms with Crippen molar-refractivity contribution in [2.45, 2.75) is 46.1 Å². The molecule has 0 saturated carbocycles. The fourth-order valence-corrected chi connectivity index (χ4v) is 2.07. The summed E-state index contributed by atoms with van der Waals surface area (Å²) in [6.45, 7) is 9.59. The number of rotatable bonds is 6. The number of hydrogen-bond acceptors (Lipinski definition) is 3. The van der Waals surface area contributed by atoms with E-state index in [-0.39, 0.29) is 5.92 Å². The van der Waals surface area contributed by atoms with Gasteiger partial charge in [0.2, 0.25) is 0 Å². The molecular weight excluding hydrogens is 202 g/mol. The van der Waals surface area contributed by atoms with Gasteiger partial charge in [-0.25, -0.2) is 0 Å². The molecule has 1 saturated heterocycles. The number of ketones is 1. The Morgan fingerprint density at radius 1 is 1.38 bits per heavy atom. The first-order chi connectivity index (χ1) is 7.67. The molecule has 0 radical (unpaired) electrons. The molecule has 94 valence electrons. The molecule has 1 unspecified atom stereocenters. The minimum Gasteiger partial charge on any atom is -0.378 e. The second-order valence-electron chi connectivity index (χ2n) is 4.71. The molecule has 1 fully saturated rings. The quantitative estimate of drug-likeness (QED) is 0.696. The maximum absolute atomic E-state index is 11.8. The average molecular weight is 227 g/mol. The van der Waals surface area contributed by atoms with Gasteiger partial charge in [-0.1, -0.05) is 13.8 Å². The molecule has 1 atom stereocenters. The van der Waals surface area contributed by atoms with E-state index in [0.717, 1.165) is 39.0 Å². The molecule has 1 heterocycles. The number of hydrogen-bond donors (Lipinski definition) is 0. The summed E-state index contributed by atoms with van der Waals surface area (Å²) in [7, 11) is 0. The minimum atomic E-state index is 0.213. The maximum Gasteiger partial charge on any atom is 0.149 e. The van der Waals surface area contributed by atoms with Gasteiger partial charge >= 0.3 is 0 Å². The smallest absolute Gasteiger partial charge is 0.149 e. The normalized spacial score (nSPS) is 20.9. The second-order valence-corrected chi connectivity index (χ2v) is 4.71. The Bertz CT molecular complexity index is 210. The first-order valence-corrected chi connectivity index (χ1v) is 6.54. The van der Waals surface area contributed by atoms with Gasteiger partial charge in [0.25, 0.3) is 0 Å². The van der Waals surface area contributed by atoms with E-state index < -0.39 is 0 Å². The summed E-state index contributed by atoms with van der Waals surface area (Å²) < 4.78 is 5.59. The third kappa shape index (κ3) is 4.22. The van der Waals surface area contributed by atoms with Crippen molar-refractivity contribution in [2.75, 3.05) is 26.2 Å². The number of piperidine rings is 1. The van der Waals surface area contributed by atoms with Crippen LogP contribution in [0.4, 0.5) is 0 Å². The molecule has 0 aromatic heterocycles. The summed E-state index contributed by atoms with van der Waals surface area (Å²) in [5.41, 5.74) is 0. The molecule has 3 heteroatoms. The van der Waals surface area contributed by atoms with Crippen LogP contribution in [0.15, 0.2) is 0 Å². The van der Waals surface area contributed by atoms with E-state index in [1.165, 1.54) is 0 Å². The SMILES string of the molecule is CCOC1CCN(CC(=O)C(C)CC)CC1. The van der Waals surface area contributed by atoms with Gasteiger partial charge in [-0.2, -0.15) is 0 Å². The van der Waals surface area contributed by atoms with E-state index >= 15 is 0 Å². The number of likely N-dealkylation sites (tertiary alicyclic amines) is 1. The van der Waals surface area contributed by atoms with Crippen molar-refractivity contribution >= 4 is 5.78 Å². The highest BCUT2D eigenvalue weighted by Crippen LogP contribution is 2.14. The van der Waals surface area contributed by atoms with Crippen LogP contribution in [0.5, 0.6) is 0 Å². The van der Waals surface area contributed by atoms with Crippen molar-refractivity contribution in [3.8, 4) is 0 Å². The zero-order valence-corrected chi connectivity index (χ0v) is 10.9. The molecule has 0 spiro atoms. The van der Waals surface area contributed by atoms with Crippen LogP contribution < -0.4 is 0 Å². The average Bonchev–Trinajstić information content (AvgIpc) is 2.31. The van der Waals surface area contributed by atoms with Crippen LogP contribution >= 0.6 is 0 Å². The van der Waals surface area contributed by atoms with Crippen LogP contribution in [-0.2, 0) is 9.53 Å². The molecular formula is C13H25NO2. The number of Topliss-reactive ketones (excluding diaryl/α,β-unsaturated/α-hetero) is 1. The highest BCUT2D eigenvalue weighted by molar-refractivity contribution is 5.82. The van der Waals surface area contributed by atoms with Crippen LogP contribution in [0.25, 0.3) is 0 Å². The molecule has 0 amide bonds. The van der Waals surface area contributed by atoms with Gasteiger partial charge in [0.15, 0.2) is 0 Å². The Balaban J connectivity index is 2.24. The van der Waals surface area contributed by atoms with E-state index in [9.17, 15) is 4.79 Å². The van der Waals surface area contributed by atoms with E-state index in [4.69, 9.17) is 4.74 Å². The van der Waals surface area contributed by atoms with E-state index in [2.05, 4.69) is 11.8 Å². The third-order valence-corrected chi connectivity index (χ3v) is 3.48. The highest BCUT2D eigenvalue weighted by atomic mass is 16.5. The molecule has 1 rings (SSSR count). The Labute approximate surface area is 99.1 Å². The van der Waals surface area contributed by atoms with E-state index in [0.29, 0.717) is 18.4 Å². The largest absolute Gasteiger partial charge is 0.378 e. The number of carbonyl (C=O) groups is 1. The van der Waals surface area contributed by atoms with Gasteiger partial charge in [0.05, 0.1) is 12.6 Å². The number of nitrogens with zero attached hydrogens (tertiary/aromatic N) is 1. The zero-order chi connectivity index (χ0) is 12.0. The lowest BCUT2D eigenvalue weighted by atomic mass is 10.0. The van der Waals surface area contributed by atoms with Gasteiger partial charge in [-0.3, -0.25) is 9.69 Å². The van der Waals surface area contributed by atoms with E-state index in [1.54, 1.807) is 0 Å². The van der Waals surface area contributed by atoms with Crippen LogP contribution in [0.1, 0.15) is 40.0 Å². The molecule has 0 bridgehead atoms. The topological polar surface area (TPSA) is 29.5 Å². The predicted molar refractivity (Wildman–Crippen MR) is 65.6 cm³/mol. The Kier molecular flexibility index (Phi) is 5.99. The summed E-state index contributed by atoms with van der Waals surface area (Å²) >= 11 is 0. The summed E-state index contributed by atoms with van der Waals surface area (Å²) in [6.07, 6.45) is 3.51. The lowest BCUT2D eigenvalue weighted by Gasteiger charge is -2.31. The van der Waals surface area contributed by atoms with Gasteiger partial charge in [0, 0.05) is 25.6 Å². The first-order valence-electron chi connectivity index (χ1n) is 6.54. The molecule has 0 aliphatic carbocycles. The molecule has 16 heavy (non-hydrogen) atoms. The lowest BCUT2D eigenvalue weighted by molar-refractivity contribution is -0.124. The zero-order valence-electron chi connectivity index (χ0n) is 10.9. The molecule has 0 aromatic carbocycles. The standard InChI is InChI=1S/C13H25NO2/c1-4-11(3)13(15)10-14-8-6-12(7-9-14)16-5-2/h11-12H,4-10H2,1-3H3. The summed E-state index contributed by atoms with van der Waals surface area (Å²) in [6, 6.07) is 0. The lowest BCUT2D eigenvalue weighted by Crippen LogP contribution is -2.40. The van der Waals surface area contributed by atoms with Crippen molar-refractivity contribution in [2.24, 2.45) is 5.92 Å². The summed E-state index contributed by atoms with van der Waals surface area (Å²) in [4.78, 5) is 14.0. The van der Waals surface area contributed by atoms with Crippen molar-refractivity contribution in [3.63, 3.8) is 0 Å². The van der Waals surface area contributed by atoms with Crippen LogP contribution in [0.3, 0.4) is 0 Å². The van der Waals surface area contributed by atoms with Crippen LogP contribution in [0.2, 0.25) is 0 Å². The number of ether oxygens (including phenoxy) is 1. The Morgan fingerprint density at radius 2 is 2.00 bits per heavy atom. The van der Waals surface area contributed by atoms with E-state index in [1.807, 2.05) is 13.8 Å². The van der Waals surface area contributed by atoms with Crippen molar-refractivity contribution in [1.29, 1.82) is 0 Å². The monoisotopic (exact) mass is 227 g/mol. The summed E-state index contributed by atoms with van der Waals surface area (Å²) in [5, 5.41) is 0. The fourth-order valence-electron chi connectivity index (χ4n) is 2.07. The van der Waals surface area contributed by atoms with Crippen molar-refractivity contribution in [1.82, 2.24) is 4.90 Å². The molecule has 1 aliphatic heterocycles. The van der Waals surface area contributed by atoms with Gasteiger partial charge < -0.3 is 4.74 Å². The minimum absolute atomic E-state index is 0.213. The van der Waals surface area contributed by atoms with Crippen molar-refractivity contribution < 1.29 is 9.53 Å². The molecule has 0 aromatic rings. The Hall–Kier alpha value is -0.410. The fraction of sp³-hybridized carbons (Fsp3) is 0.923. The van der Waals surface area contributed by atoms with Crippen molar-refractivity contribution in [3.05, 3.63) is 0 Å². The van der Waals surface area contributed by atoms with Gasteiger partial charge in [-0.15, -0.1) is 0 Å². The number of carbonyl (C=O) groups excluding carboxylic acids is 1. The first kappa shape index (κ1) is 13.7. The van der Waals surface area contributed by atoms with Crippen LogP contribution in [-0.4, -0.2) is 43.0 Å². The summed E-state index contributed by atoms with van der Waals surface area (Å²) in [5.74, 6) is 0.599. The van der Waals surface area contributed by atoms with Crippen LogP contribution in [0, 0.1) is 5.92 Å². The molecule has 0 N–H and O–H groups in total. The maximum atomic E-state index is 11.8. The predicted octanol–water partition coefficient (Wildman–Crippen LogP) is 2.10. The molecule has 3 nitrogen and oxygen atoms in total. The molecule has 1 aliphatic rings. The van der Waals surface area contributed by atoms with Gasteiger partial charge in [-0.05, 0) is 26.2 Å². The highest BCUT2D eigenvalue weighted by Gasteiger charge is 2.22. The van der Waals surface area contributed by atoms with Gasteiger partial charge in [0.1, 0.15) is 5.78 Å². The third-order valence-electron chi connectivity index (χ3n) is 3.48. The Morgan fingerprint density at radius 3 is 2.50 bits per heavy atom.